The van der Waals surface area contributed by atoms with Gasteiger partial charge in [0, 0.05) is 11.8 Å². The molecule has 108 valence electrons. The van der Waals surface area contributed by atoms with E-state index >= 15 is 0 Å². The van der Waals surface area contributed by atoms with Crippen molar-refractivity contribution in [3.63, 3.8) is 0 Å². The van der Waals surface area contributed by atoms with E-state index in [1.165, 1.54) is 0 Å². The average molecular weight is 300 g/mol. The van der Waals surface area contributed by atoms with Crippen LogP contribution in [0.15, 0.2) is 29.3 Å². The van der Waals surface area contributed by atoms with Gasteiger partial charge in [-0.25, -0.2) is 0 Å². The van der Waals surface area contributed by atoms with Crippen molar-refractivity contribution >= 4 is 23.5 Å². The highest BCUT2D eigenvalue weighted by Gasteiger charge is 2.67. The number of fused-ring (bicyclic) bond motifs is 1. The molecule has 3 rings (SSSR count). The number of hydrogen-bond donors (Lipinski definition) is 4. The molecular weight excluding hydrogens is 286 g/mol. The minimum Gasteiger partial charge on any atom is -0.394 e. The number of rotatable bonds is 2. The van der Waals surface area contributed by atoms with Crippen molar-refractivity contribution in [1.82, 2.24) is 0 Å². The number of halogens is 1. The van der Waals surface area contributed by atoms with Gasteiger partial charge in [-0.05, 0) is 6.07 Å². The normalized spacial score (nSPS) is 43.0. The third-order valence-electron chi connectivity index (χ3n) is 3.97. The molecule has 1 fully saturated rings. The first-order chi connectivity index (χ1) is 9.45. The topological polar surface area (TPSA) is 103 Å². The molecule has 2 aliphatic rings. The second-order valence-corrected chi connectivity index (χ2v) is 5.40. The van der Waals surface area contributed by atoms with Crippen LogP contribution < -0.4 is 0 Å². The summed E-state index contributed by atoms with van der Waals surface area (Å²) in [7, 11) is 0. The van der Waals surface area contributed by atoms with Crippen molar-refractivity contribution in [2.24, 2.45) is 4.99 Å². The Morgan fingerprint density at radius 1 is 1.30 bits per heavy atom. The predicted octanol–water partition coefficient (Wildman–Crippen LogP) is -0.362. The van der Waals surface area contributed by atoms with Crippen molar-refractivity contribution in [3.8, 4) is 0 Å². The lowest BCUT2D eigenvalue weighted by molar-refractivity contribution is -0.184. The lowest BCUT2D eigenvalue weighted by atomic mass is 9.73. The Labute approximate surface area is 119 Å². The van der Waals surface area contributed by atoms with Crippen LogP contribution in [0.1, 0.15) is 5.56 Å². The molecule has 20 heavy (non-hydrogen) atoms. The molecule has 5 atom stereocenters. The van der Waals surface area contributed by atoms with Crippen LogP contribution >= 0.6 is 11.6 Å². The number of nitrogens with zero attached hydrogens (tertiary/aromatic N) is 1. The van der Waals surface area contributed by atoms with E-state index in [9.17, 15) is 20.4 Å². The minimum atomic E-state index is -2.19. The van der Waals surface area contributed by atoms with E-state index in [0.717, 1.165) is 6.21 Å². The summed E-state index contributed by atoms with van der Waals surface area (Å²) in [6.07, 6.45) is -1.67. The lowest BCUT2D eigenvalue weighted by Gasteiger charge is -2.41. The van der Waals surface area contributed by atoms with Gasteiger partial charge in [-0.1, -0.05) is 29.8 Å². The molecule has 1 aromatic rings. The molecule has 7 heteroatoms. The lowest BCUT2D eigenvalue weighted by Crippen LogP contribution is -2.64. The fourth-order valence-electron chi connectivity index (χ4n) is 2.84. The summed E-state index contributed by atoms with van der Waals surface area (Å²) >= 11 is 5.79. The molecule has 2 heterocycles. The summed E-state index contributed by atoms with van der Waals surface area (Å²) in [5.74, 6) is 0. The quantitative estimate of drug-likeness (QED) is 0.559. The summed E-state index contributed by atoms with van der Waals surface area (Å²) < 4.78 is 5.12. The van der Waals surface area contributed by atoms with E-state index in [0.29, 0.717) is 11.3 Å². The van der Waals surface area contributed by atoms with Crippen LogP contribution in [-0.4, -0.2) is 56.6 Å². The highest BCUT2D eigenvalue weighted by molar-refractivity contribution is 6.20. The number of para-hydroxylation sites is 1. The van der Waals surface area contributed by atoms with Gasteiger partial charge in [-0.3, -0.25) is 4.99 Å². The predicted molar refractivity (Wildman–Crippen MR) is 71.0 cm³/mol. The van der Waals surface area contributed by atoms with Crippen molar-refractivity contribution in [2.75, 3.05) is 6.61 Å². The van der Waals surface area contributed by atoms with Crippen LogP contribution in [0.25, 0.3) is 0 Å². The minimum absolute atomic E-state index is 0.328. The fraction of sp³-hybridized carbons (Fsp3) is 0.462. The van der Waals surface area contributed by atoms with Crippen LogP contribution in [0.5, 0.6) is 0 Å². The molecule has 0 bridgehead atoms. The standard InChI is InChI=1S/C13H14ClNO5/c14-11-10(17)13(19,9(5-16)20-11)12(18)6-15-8-4-2-1-3-7(8)12/h1-4,6,9-11,16-19H,5H2/t9-,10+,11?,12?,13-/m1/s1. The van der Waals surface area contributed by atoms with Crippen molar-refractivity contribution < 1.29 is 25.2 Å². The molecule has 0 radical (unpaired) electrons. The Kier molecular flexibility index (Phi) is 3.13. The van der Waals surface area contributed by atoms with E-state index in [4.69, 9.17) is 16.3 Å². The van der Waals surface area contributed by atoms with Crippen LogP contribution in [0.4, 0.5) is 5.69 Å². The number of aliphatic imine (C=N–C) groups is 1. The van der Waals surface area contributed by atoms with Crippen molar-refractivity contribution in [2.45, 2.75) is 29.0 Å². The second kappa shape index (κ2) is 4.49. The Morgan fingerprint density at radius 3 is 2.70 bits per heavy atom. The molecule has 0 aromatic heterocycles. The van der Waals surface area contributed by atoms with Gasteiger partial charge in [0.2, 0.25) is 0 Å². The van der Waals surface area contributed by atoms with Crippen LogP contribution in [-0.2, 0) is 10.3 Å². The van der Waals surface area contributed by atoms with Gasteiger partial charge in [0.05, 0.1) is 12.3 Å². The second-order valence-electron chi connectivity index (χ2n) is 4.97. The summed E-state index contributed by atoms with van der Waals surface area (Å²) in [4.78, 5) is 4.04. The monoisotopic (exact) mass is 299 g/mol. The summed E-state index contributed by atoms with van der Waals surface area (Å²) in [5.41, 5.74) is -4.60. The van der Waals surface area contributed by atoms with Crippen LogP contribution in [0, 0.1) is 0 Å². The van der Waals surface area contributed by atoms with E-state index in [-0.39, 0.29) is 0 Å². The first-order valence-corrected chi connectivity index (χ1v) is 6.56. The molecule has 1 saturated heterocycles. The van der Waals surface area contributed by atoms with E-state index in [2.05, 4.69) is 4.99 Å². The highest BCUT2D eigenvalue weighted by atomic mass is 35.5. The number of aliphatic hydroxyl groups excluding tert-OH is 2. The van der Waals surface area contributed by atoms with Gasteiger partial charge in [-0.15, -0.1) is 0 Å². The number of aliphatic hydroxyl groups is 4. The molecule has 2 unspecified atom stereocenters. The van der Waals surface area contributed by atoms with Crippen LogP contribution in [0.3, 0.4) is 0 Å². The molecule has 0 saturated carbocycles. The summed E-state index contributed by atoms with van der Waals surface area (Å²) in [6.45, 7) is -0.602. The Hall–Kier alpha value is -1.02. The maximum absolute atomic E-state index is 10.9. The number of ether oxygens (including phenoxy) is 1. The first kappa shape index (κ1) is 13.9. The third-order valence-corrected chi connectivity index (χ3v) is 4.31. The SMILES string of the molecule is OC[C@H]1OC(Cl)[C@H](O)[C@@]1(O)C1(O)C=Nc2ccccc21. The van der Waals surface area contributed by atoms with Gasteiger partial charge in [0.15, 0.2) is 16.8 Å². The van der Waals surface area contributed by atoms with E-state index < -0.39 is 35.6 Å². The van der Waals surface area contributed by atoms with Crippen LogP contribution in [0.2, 0.25) is 0 Å². The Morgan fingerprint density at radius 2 is 2.00 bits per heavy atom. The number of benzene rings is 1. The Balaban J connectivity index is 2.14. The van der Waals surface area contributed by atoms with Crippen molar-refractivity contribution in [1.29, 1.82) is 0 Å². The first-order valence-electron chi connectivity index (χ1n) is 6.13. The summed E-state index contributed by atoms with van der Waals surface area (Å²) in [6, 6.07) is 6.67. The van der Waals surface area contributed by atoms with Crippen molar-refractivity contribution in [3.05, 3.63) is 29.8 Å². The zero-order chi connectivity index (χ0) is 14.5. The van der Waals surface area contributed by atoms with Gasteiger partial charge < -0.3 is 25.2 Å². The fourth-order valence-corrected chi connectivity index (χ4v) is 3.15. The smallest absolute Gasteiger partial charge is 0.161 e. The molecule has 0 spiro atoms. The van der Waals surface area contributed by atoms with Gasteiger partial charge in [-0.2, -0.15) is 0 Å². The largest absolute Gasteiger partial charge is 0.394 e. The van der Waals surface area contributed by atoms with Gasteiger partial charge in [0.1, 0.15) is 12.2 Å². The third kappa shape index (κ3) is 1.54. The maximum atomic E-state index is 10.9. The molecule has 0 amide bonds. The molecule has 1 aromatic carbocycles. The van der Waals surface area contributed by atoms with E-state index in [1.54, 1.807) is 24.3 Å². The molecule has 2 aliphatic heterocycles. The van der Waals surface area contributed by atoms with Gasteiger partial charge >= 0.3 is 0 Å². The Bertz CT molecular complexity index is 567. The summed E-state index contributed by atoms with van der Waals surface area (Å²) in [5, 5.41) is 41.2. The van der Waals surface area contributed by atoms with Gasteiger partial charge in [0.25, 0.3) is 0 Å². The number of alkyl halides is 1. The molecule has 0 aliphatic carbocycles. The number of hydrogen-bond acceptors (Lipinski definition) is 6. The average Bonchev–Trinajstić information content (AvgIpc) is 2.92. The molecular formula is C13H14ClNO5. The van der Waals surface area contributed by atoms with E-state index in [1.807, 2.05) is 0 Å². The molecule has 4 N–H and O–H groups in total. The maximum Gasteiger partial charge on any atom is 0.161 e. The molecule has 6 nitrogen and oxygen atoms in total. The zero-order valence-corrected chi connectivity index (χ0v) is 11.1. The highest BCUT2D eigenvalue weighted by Crippen LogP contribution is 2.49. The zero-order valence-electron chi connectivity index (χ0n) is 10.3.